The van der Waals surface area contributed by atoms with Crippen molar-refractivity contribution >= 4 is 28.0 Å². The molecule has 2 aromatic carbocycles. The van der Waals surface area contributed by atoms with Gasteiger partial charge in [-0.3, -0.25) is 14.0 Å². The van der Waals surface area contributed by atoms with Crippen molar-refractivity contribution in [2.45, 2.75) is 33.2 Å². The third-order valence-corrected chi connectivity index (χ3v) is 5.06. The Morgan fingerprint density at radius 2 is 1.83 bits per heavy atom. The van der Waals surface area contributed by atoms with Crippen LogP contribution in [0.5, 0.6) is 0 Å². The topological polar surface area (TPSA) is 68.4 Å². The molecule has 2 heterocycles. The normalized spacial score (nSPS) is 12.4. The number of hydrogen-bond donors (Lipinski definition) is 1. The van der Waals surface area contributed by atoms with Crippen LogP contribution >= 0.6 is 0 Å². The lowest BCUT2D eigenvalue weighted by atomic mass is 10.2. The lowest BCUT2D eigenvalue weighted by Gasteiger charge is -2.18. The van der Waals surface area contributed by atoms with E-state index < -0.39 is 6.04 Å². The molecular formula is C22H21FN4O2. The summed E-state index contributed by atoms with van der Waals surface area (Å²) in [5.41, 5.74) is 2.62. The van der Waals surface area contributed by atoms with Crippen LogP contribution in [-0.2, 0) is 4.79 Å². The van der Waals surface area contributed by atoms with Gasteiger partial charge in [0.1, 0.15) is 23.2 Å². The fourth-order valence-corrected chi connectivity index (χ4v) is 3.64. The molecule has 0 aliphatic heterocycles. The first kappa shape index (κ1) is 18.9. The van der Waals surface area contributed by atoms with Gasteiger partial charge in [0.2, 0.25) is 5.91 Å². The molecule has 0 bridgehead atoms. The average Bonchev–Trinajstić information content (AvgIpc) is 3.07. The number of halogens is 1. The van der Waals surface area contributed by atoms with Gasteiger partial charge in [-0.1, -0.05) is 18.6 Å². The Bertz CT molecular complexity index is 1290. The molecule has 6 nitrogen and oxygen atoms in total. The molecule has 0 spiro atoms. The summed E-state index contributed by atoms with van der Waals surface area (Å²) in [7, 11) is 0. The molecule has 0 saturated heterocycles. The second kappa shape index (κ2) is 7.16. The van der Waals surface area contributed by atoms with E-state index in [1.807, 2.05) is 49.4 Å². The van der Waals surface area contributed by atoms with Crippen molar-refractivity contribution in [1.82, 2.24) is 14.2 Å². The molecule has 0 fully saturated rings. The minimum absolute atomic E-state index is 0.328. The highest BCUT2D eigenvalue weighted by atomic mass is 19.1. The molecule has 7 heteroatoms. The van der Waals surface area contributed by atoms with Gasteiger partial charge in [-0.15, -0.1) is 0 Å². The summed E-state index contributed by atoms with van der Waals surface area (Å²) in [6, 6.07) is 12.5. The molecule has 0 aliphatic carbocycles. The molecule has 1 amide bonds. The standard InChI is InChI=1S/C22H21FN4O2/c1-4-18(21(28)24-17-8-6-16(23)7-9-17)27-22(29)20-12-15-11-13(2)5-10-19(15)26(20)14(3)25-27/h5-12,18H,4H2,1-3H3,(H,24,28). The zero-order chi connectivity index (χ0) is 20.7. The van der Waals surface area contributed by atoms with Gasteiger partial charge >= 0.3 is 0 Å². The van der Waals surface area contributed by atoms with Crippen LogP contribution in [0.25, 0.3) is 16.4 Å². The summed E-state index contributed by atoms with van der Waals surface area (Å²) in [6.45, 7) is 5.63. The number of fused-ring (bicyclic) bond motifs is 3. The zero-order valence-corrected chi connectivity index (χ0v) is 16.4. The van der Waals surface area contributed by atoms with E-state index in [2.05, 4.69) is 10.4 Å². The molecule has 0 radical (unpaired) electrons. The van der Waals surface area contributed by atoms with Gasteiger partial charge in [0.25, 0.3) is 5.56 Å². The van der Waals surface area contributed by atoms with E-state index in [-0.39, 0.29) is 17.3 Å². The second-order valence-electron chi connectivity index (χ2n) is 7.14. The number of anilines is 1. The number of nitrogens with zero attached hydrogens (tertiary/aromatic N) is 3. The number of carbonyl (C=O) groups excluding carboxylic acids is 1. The largest absolute Gasteiger partial charge is 0.324 e. The number of carbonyl (C=O) groups is 1. The molecule has 4 rings (SSSR count). The molecule has 148 valence electrons. The van der Waals surface area contributed by atoms with Crippen molar-refractivity contribution in [3.05, 3.63) is 76.1 Å². The number of nitrogens with one attached hydrogen (secondary N) is 1. The Kier molecular flexibility index (Phi) is 4.66. The molecule has 1 N–H and O–H groups in total. The molecule has 0 saturated carbocycles. The maximum absolute atomic E-state index is 13.2. The molecule has 4 aromatic rings. The average molecular weight is 392 g/mol. The summed E-state index contributed by atoms with van der Waals surface area (Å²) in [4.78, 5) is 26.0. The summed E-state index contributed by atoms with van der Waals surface area (Å²) < 4.78 is 16.2. The number of rotatable bonds is 4. The van der Waals surface area contributed by atoms with Crippen LogP contribution in [-0.4, -0.2) is 20.1 Å². The van der Waals surface area contributed by atoms with E-state index in [4.69, 9.17) is 0 Å². The van der Waals surface area contributed by atoms with E-state index in [0.717, 1.165) is 16.5 Å². The van der Waals surface area contributed by atoms with Crippen LogP contribution in [0.1, 0.15) is 30.8 Å². The lowest BCUT2D eigenvalue weighted by molar-refractivity contribution is -0.119. The number of benzene rings is 2. The van der Waals surface area contributed by atoms with E-state index in [1.54, 1.807) is 0 Å². The maximum Gasteiger partial charge on any atom is 0.291 e. The highest BCUT2D eigenvalue weighted by molar-refractivity contribution is 5.94. The van der Waals surface area contributed by atoms with Crippen molar-refractivity contribution < 1.29 is 9.18 Å². The van der Waals surface area contributed by atoms with E-state index in [1.165, 1.54) is 28.9 Å². The van der Waals surface area contributed by atoms with Gasteiger partial charge in [-0.2, -0.15) is 5.10 Å². The quantitative estimate of drug-likeness (QED) is 0.571. The van der Waals surface area contributed by atoms with Crippen molar-refractivity contribution in [3.63, 3.8) is 0 Å². The third-order valence-electron chi connectivity index (χ3n) is 5.06. The second-order valence-corrected chi connectivity index (χ2v) is 7.14. The van der Waals surface area contributed by atoms with Crippen molar-refractivity contribution in [2.75, 3.05) is 5.32 Å². The van der Waals surface area contributed by atoms with Crippen LogP contribution in [0.2, 0.25) is 0 Å². The number of aromatic nitrogens is 3. The first-order valence-corrected chi connectivity index (χ1v) is 9.46. The lowest BCUT2D eigenvalue weighted by Crippen LogP contribution is -2.36. The van der Waals surface area contributed by atoms with Crippen LogP contribution in [0.15, 0.2) is 53.3 Å². The molecule has 0 aliphatic rings. The number of hydrogen-bond acceptors (Lipinski definition) is 3. The van der Waals surface area contributed by atoms with Crippen molar-refractivity contribution in [1.29, 1.82) is 0 Å². The molecular weight excluding hydrogens is 371 g/mol. The van der Waals surface area contributed by atoms with Gasteiger partial charge in [-0.05, 0) is 62.7 Å². The molecule has 1 atom stereocenters. The first-order valence-electron chi connectivity index (χ1n) is 9.46. The fraction of sp³-hybridized carbons (Fsp3) is 0.227. The van der Waals surface area contributed by atoms with Crippen LogP contribution in [0.3, 0.4) is 0 Å². The zero-order valence-electron chi connectivity index (χ0n) is 16.4. The van der Waals surface area contributed by atoms with Crippen LogP contribution in [0.4, 0.5) is 10.1 Å². The maximum atomic E-state index is 13.2. The van der Waals surface area contributed by atoms with E-state index in [0.29, 0.717) is 23.4 Å². The van der Waals surface area contributed by atoms with Crippen molar-refractivity contribution in [3.8, 4) is 0 Å². The summed E-state index contributed by atoms with van der Waals surface area (Å²) in [6.07, 6.45) is 0.384. The predicted octanol–water partition coefficient (Wildman–Crippen LogP) is 3.99. The number of amides is 1. The van der Waals surface area contributed by atoms with Gasteiger partial charge in [0, 0.05) is 11.1 Å². The molecule has 1 unspecified atom stereocenters. The van der Waals surface area contributed by atoms with E-state index in [9.17, 15) is 14.0 Å². The summed E-state index contributed by atoms with van der Waals surface area (Å²) in [5, 5.41) is 8.13. The third kappa shape index (κ3) is 3.29. The minimum atomic E-state index is -0.781. The first-order chi connectivity index (χ1) is 13.9. The molecule has 29 heavy (non-hydrogen) atoms. The smallest absolute Gasteiger partial charge is 0.291 e. The SMILES string of the molecule is CCC(C(=O)Nc1ccc(F)cc1)n1nc(C)n2c(cc3cc(C)ccc32)c1=O. The van der Waals surface area contributed by atoms with Gasteiger partial charge in [0.15, 0.2) is 0 Å². The Hall–Kier alpha value is -3.48. The Morgan fingerprint density at radius 3 is 2.52 bits per heavy atom. The fourth-order valence-electron chi connectivity index (χ4n) is 3.64. The van der Waals surface area contributed by atoms with Gasteiger partial charge in [-0.25, -0.2) is 9.07 Å². The minimum Gasteiger partial charge on any atom is -0.324 e. The Balaban J connectivity index is 1.79. The van der Waals surface area contributed by atoms with Gasteiger partial charge in [0.05, 0.1) is 5.52 Å². The highest BCUT2D eigenvalue weighted by Crippen LogP contribution is 2.22. The summed E-state index contributed by atoms with van der Waals surface area (Å²) >= 11 is 0. The van der Waals surface area contributed by atoms with Gasteiger partial charge < -0.3 is 5.32 Å². The predicted molar refractivity (Wildman–Crippen MR) is 111 cm³/mol. The summed E-state index contributed by atoms with van der Waals surface area (Å²) in [5.74, 6) is -0.138. The Morgan fingerprint density at radius 1 is 1.10 bits per heavy atom. The van der Waals surface area contributed by atoms with Crippen LogP contribution < -0.4 is 10.9 Å². The monoisotopic (exact) mass is 392 g/mol. The van der Waals surface area contributed by atoms with Crippen molar-refractivity contribution in [2.24, 2.45) is 0 Å². The highest BCUT2D eigenvalue weighted by Gasteiger charge is 2.23. The van der Waals surface area contributed by atoms with Crippen LogP contribution in [0, 0.1) is 19.7 Å². The molecule has 2 aromatic heterocycles. The Labute approximate surface area is 166 Å². The number of aryl methyl sites for hydroxylation is 2. The van der Waals surface area contributed by atoms with E-state index >= 15 is 0 Å².